The van der Waals surface area contributed by atoms with Crippen LogP contribution in [0.25, 0.3) is 0 Å². The van der Waals surface area contributed by atoms with Crippen molar-refractivity contribution in [3.63, 3.8) is 0 Å². The molecule has 8 heteroatoms. The van der Waals surface area contributed by atoms with E-state index in [1.165, 1.54) is 11.3 Å². The molecular weight excluding hydrogens is 372 g/mol. The number of amides is 3. The molecule has 2 heterocycles. The molecule has 0 unspecified atom stereocenters. The third-order valence-electron chi connectivity index (χ3n) is 4.60. The van der Waals surface area contributed by atoms with E-state index in [-0.39, 0.29) is 17.6 Å². The monoisotopic (exact) mass is 393 g/mol. The standard InChI is InChI=1S/C19H21F2N3O2S/c20-14-10-15(21)12-16(11-14)23-19(26)24-7-4-13(5-8-24)3-6-22-18(25)17-2-1-9-27-17/h1-2,9-13H,3-8H2,(H,22,25)(H,23,26). The van der Waals surface area contributed by atoms with Crippen LogP contribution >= 0.6 is 11.3 Å². The SMILES string of the molecule is O=C(NCCC1CCN(C(=O)Nc2cc(F)cc(F)c2)CC1)c1cccs1. The van der Waals surface area contributed by atoms with E-state index in [4.69, 9.17) is 0 Å². The molecule has 0 spiro atoms. The van der Waals surface area contributed by atoms with Crippen LogP contribution in [0.4, 0.5) is 19.3 Å². The van der Waals surface area contributed by atoms with E-state index in [1.54, 1.807) is 11.0 Å². The fourth-order valence-electron chi connectivity index (χ4n) is 3.14. The zero-order valence-corrected chi connectivity index (χ0v) is 15.5. The Balaban J connectivity index is 1.39. The van der Waals surface area contributed by atoms with E-state index < -0.39 is 11.6 Å². The maximum absolute atomic E-state index is 13.2. The van der Waals surface area contributed by atoms with Gasteiger partial charge in [-0.3, -0.25) is 4.79 Å². The Morgan fingerprint density at radius 3 is 2.48 bits per heavy atom. The third-order valence-corrected chi connectivity index (χ3v) is 5.47. The summed E-state index contributed by atoms with van der Waals surface area (Å²) in [6.07, 6.45) is 2.53. The van der Waals surface area contributed by atoms with E-state index >= 15 is 0 Å². The van der Waals surface area contributed by atoms with Gasteiger partial charge in [-0.15, -0.1) is 11.3 Å². The number of nitrogens with zero attached hydrogens (tertiary/aromatic N) is 1. The van der Waals surface area contributed by atoms with Crippen LogP contribution in [0.2, 0.25) is 0 Å². The number of likely N-dealkylation sites (tertiary alicyclic amines) is 1. The van der Waals surface area contributed by atoms with Gasteiger partial charge >= 0.3 is 6.03 Å². The molecule has 2 aromatic rings. The Bertz CT molecular complexity index is 770. The number of anilines is 1. The van der Waals surface area contributed by atoms with Crippen molar-refractivity contribution in [2.24, 2.45) is 5.92 Å². The summed E-state index contributed by atoms with van der Waals surface area (Å²) in [6.45, 7) is 1.76. The molecule has 0 saturated carbocycles. The highest BCUT2D eigenvalue weighted by Crippen LogP contribution is 2.21. The lowest BCUT2D eigenvalue weighted by molar-refractivity contribution is 0.0953. The van der Waals surface area contributed by atoms with Crippen LogP contribution in [0, 0.1) is 17.6 Å². The number of piperidine rings is 1. The van der Waals surface area contributed by atoms with Gasteiger partial charge in [0.25, 0.3) is 5.91 Å². The van der Waals surface area contributed by atoms with Gasteiger partial charge in [-0.1, -0.05) is 6.07 Å². The molecule has 5 nitrogen and oxygen atoms in total. The maximum Gasteiger partial charge on any atom is 0.321 e. The molecule has 144 valence electrons. The van der Waals surface area contributed by atoms with E-state index in [9.17, 15) is 18.4 Å². The average molecular weight is 393 g/mol. The molecule has 0 bridgehead atoms. The van der Waals surface area contributed by atoms with Gasteiger partial charge < -0.3 is 15.5 Å². The largest absolute Gasteiger partial charge is 0.351 e. The Hall–Kier alpha value is -2.48. The fourth-order valence-corrected chi connectivity index (χ4v) is 3.78. The lowest BCUT2D eigenvalue weighted by atomic mass is 9.94. The minimum atomic E-state index is -0.728. The Kier molecular flexibility index (Phi) is 6.39. The highest BCUT2D eigenvalue weighted by molar-refractivity contribution is 7.12. The van der Waals surface area contributed by atoms with E-state index in [1.807, 2.05) is 11.4 Å². The van der Waals surface area contributed by atoms with Crippen molar-refractivity contribution in [1.82, 2.24) is 10.2 Å². The van der Waals surface area contributed by atoms with Crippen LogP contribution in [-0.2, 0) is 0 Å². The van der Waals surface area contributed by atoms with Crippen LogP contribution in [0.15, 0.2) is 35.7 Å². The zero-order valence-electron chi connectivity index (χ0n) is 14.7. The number of halogens is 2. The summed E-state index contributed by atoms with van der Waals surface area (Å²) in [4.78, 5) is 26.5. The number of benzene rings is 1. The van der Waals surface area contributed by atoms with E-state index in [0.717, 1.165) is 37.5 Å². The third kappa shape index (κ3) is 5.50. The lowest BCUT2D eigenvalue weighted by Gasteiger charge is -2.32. The highest BCUT2D eigenvalue weighted by Gasteiger charge is 2.23. The molecule has 2 N–H and O–H groups in total. The number of thiophene rings is 1. The van der Waals surface area contributed by atoms with Gasteiger partial charge in [0.15, 0.2) is 0 Å². The Labute approximate surface area is 160 Å². The molecule has 1 aromatic carbocycles. The summed E-state index contributed by atoms with van der Waals surface area (Å²) >= 11 is 1.41. The van der Waals surface area contributed by atoms with E-state index in [2.05, 4.69) is 10.6 Å². The van der Waals surface area contributed by atoms with Crippen LogP contribution < -0.4 is 10.6 Å². The topological polar surface area (TPSA) is 61.4 Å². The molecule has 1 aliphatic heterocycles. The summed E-state index contributed by atoms with van der Waals surface area (Å²) in [5, 5.41) is 7.32. The summed E-state index contributed by atoms with van der Waals surface area (Å²) in [7, 11) is 0. The lowest BCUT2D eigenvalue weighted by Crippen LogP contribution is -2.41. The second kappa shape index (κ2) is 8.94. The van der Waals surface area contributed by atoms with Crippen LogP contribution in [0.3, 0.4) is 0 Å². The van der Waals surface area contributed by atoms with Crippen molar-refractivity contribution in [3.05, 3.63) is 52.2 Å². The number of carbonyl (C=O) groups excluding carboxylic acids is 2. The molecule has 1 aliphatic rings. The van der Waals surface area contributed by atoms with Gasteiger partial charge in [-0.25, -0.2) is 13.6 Å². The van der Waals surface area contributed by atoms with Crippen molar-refractivity contribution in [2.75, 3.05) is 25.0 Å². The van der Waals surface area contributed by atoms with E-state index in [0.29, 0.717) is 30.4 Å². The highest BCUT2D eigenvalue weighted by atomic mass is 32.1. The molecule has 3 rings (SSSR count). The van der Waals surface area contributed by atoms with Gasteiger partial charge in [0.05, 0.1) is 4.88 Å². The first-order chi connectivity index (χ1) is 13.0. The number of carbonyl (C=O) groups is 2. The quantitative estimate of drug-likeness (QED) is 0.804. The fraction of sp³-hybridized carbons (Fsp3) is 0.368. The molecule has 1 saturated heterocycles. The van der Waals surface area contributed by atoms with Crippen molar-refractivity contribution in [1.29, 1.82) is 0 Å². The molecule has 0 radical (unpaired) electrons. The van der Waals surface area contributed by atoms with Gasteiger partial charge in [-0.2, -0.15) is 0 Å². The summed E-state index contributed by atoms with van der Waals surface area (Å²) in [5.41, 5.74) is 0.107. The van der Waals surface area contributed by atoms with Crippen molar-refractivity contribution < 1.29 is 18.4 Å². The number of nitrogens with one attached hydrogen (secondary N) is 2. The van der Waals surface area contributed by atoms with Gasteiger partial charge in [-0.05, 0) is 48.8 Å². The molecule has 3 amide bonds. The summed E-state index contributed by atoms with van der Waals surface area (Å²) in [6, 6.07) is 6.22. The van der Waals surface area contributed by atoms with Gasteiger partial charge in [0.1, 0.15) is 11.6 Å². The second-order valence-electron chi connectivity index (χ2n) is 6.54. The van der Waals surface area contributed by atoms with Gasteiger partial charge in [0.2, 0.25) is 0 Å². The molecule has 0 atom stereocenters. The summed E-state index contributed by atoms with van der Waals surface area (Å²) in [5.74, 6) is -1.07. The van der Waals surface area contributed by atoms with Crippen molar-refractivity contribution in [3.8, 4) is 0 Å². The van der Waals surface area contributed by atoms with Crippen LogP contribution in [-0.4, -0.2) is 36.5 Å². The number of hydrogen-bond donors (Lipinski definition) is 2. The Morgan fingerprint density at radius 2 is 1.85 bits per heavy atom. The van der Waals surface area contributed by atoms with Crippen molar-refractivity contribution in [2.45, 2.75) is 19.3 Å². The minimum absolute atomic E-state index is 0.0517. The Morgan fingerprint density at radius 1 is 1.15 bits per heavy atom. The number of urea groups is 1. The van der Waals surface area contributed by atoms with Crippen LogP contribution in [0.1, 0.15) is 28.9 Å². The minimum Gasteiger partial charge on any atom is -0.351 e. The van der Waals surface area contributed by atoms with Gasteiger partial charge in [0, 0.05) is 31.4 Å². The first-order valence-electron chi connectivity index (χ1n) is 8.85. The predicted octanol–water partition coefficient (Wildman–Crippen LogP) is 4.09. The molecule has 0 aliphatic carbocycles. The molecular formula is C19H21F2N3O2S. The second-order valence-corrected chi connectivity index (χ2v) is 7.49. The first-order valence-corrected chi connectivity index (χ1v) is 9.73. The summed E-state index contributed by atoms with van der Waals surface area (Å²) < 4.78 is 26.4. The predicted molar refractivity (Wildman–Crippen MR) is 101 cm³/mol. The smallest absolute Gasteiger partial charge is 0.321 e. The number of rotatable bonds is 5. The average Bonchev–Trinajstić information content (AvgIpc) is 3.16. The first kappa shape index (κ1) is 19.3. The number of hydrogen-bond acceptors (Lipinski definition) is 3. The normalized spacial score (nSPS) is 14.8. The molecule has 27 heavy (non-hydrogen) atoms. The molecule has 1 fully saturated rings. The van der Waals surface area contributed by atoms with Crippen LogP contribution in [0.5, 0.6) is 0 Å². The molecule has 1 aromatic heterocycles. The maximum atomic E-state index is 13.2. The van der Waals surface area contributed by atoms with Crippen molar-refractivity contribution >= 4 is 29.0 Å². The zero-order chi connectivity index (χ0) is 19.2.